The second-order valence-electron chi connectivity index (χ2n) is 3.33. The summed E-state index contributed by atoms with van der Waals surface area (Å²) < 4.78 is 17.1. The zero-order chi connectivity index (χ0) is 11.3. The lowest BCUT2D eigenvalue weighted by Crippen LogP contribution is -2.26. The van der Waals surface area contributed by atoms with E-state index >= 15 is 0 Å². The Kier molecular flexibility index (Phi) is 4.78. The summed E-state index contributed by atoms with van der Waals surface area (Å²) in [5.74, 6) is 1.15. The number of hydrogen-bond acceptors (Lipinski definition) is 3. The average Bonchev–Trinajstić information content (AvgIpc) is 2.28. The highest BCUT2D eigenvalue weighted by Gasteiger charge is 2.12. The first-order valence-electron chi connectivity index (χ1n) is 4.96. The second kappa shape index (κ2) is 5.88. The van der Waals surface area contributed by atoms with E-state index in [4.69, 9.17) is 10.5 Å². The van der Waals surface area contributed by atoms with Crippen molar-refractivity contribution in [3.8, 4) is 5.75 Å². The summed E-state index contributed by atoms with van der Waals surface area (Å²) in [4.78, 5) is 0.726. The Hall–Kier alpha value is -0.870. The fourth-order valence-electron chi connectivity index (χ4n) is 1.21. The van der Waals surface area contributed by atoms with E-state index in [0.29, 0.717) is 11.5 Å². The van der Waals surface area contributed by atoms with Crippen LogP contribution in [0.25, 0.3) is 0 Å². The molecule has 1 aromatic carbocycles. The van der Waals surface area contributed by atoms with Gasteiger partial charge in [-0.25, -0.2) is 0 Å². The van der Waals surface area contributed by atoms with Crippen molar-refractivity contribution in [2.45, 2.75) is 24.3 Å². The van der Waals surface area contributed by atoms with Crippen LogP contribution in [0.3, 0.4) is 0 Å². The van der Waals surface area contributed by atoms with Crippen molar-refractivity contribution in [2.75, 3.05) is 12.9 Å². The maximum Gasteiger partial charge on any atom is 0.134 e. The van der Waals surface area contributed by atoms with Crippen LogP contribution in [-0.2, 0) is 10.8 Å². The normalized spacial score (nSPS) is 14.6. The van der Waals surface area contributed by atoms with Gasteiger partial charge in [0, 0.05) is 11.8 Å². The van der Waals surface area contributed by atoms with Crippen molar-refractivity contribution in [3.05, 3.63) is 24.3 Å². The van der Waals surface area contributed by atoms with Gasteiger partial charge in [-0.05, 0) is 18.6 Å². The Morgan fingerprint density at radius 3 is 2.73 bits per heavy atom. The molecule has 4 heteroatoms. The number of benzene rings is 1. The Balaban J connectivity index is 2.81. The van der Waals surface area contributed by atoms with Gasteiger partial charge in [0.1, 0.15) is 5.75 Å². The molecule has 0 fully saturated rings. The number of ether oxygens (including phenoxy) is 1. The molecular weight excluding hydrogens is 210 g/mol. The highest BCUT2D eigenvalue weighted by Crippen LogP contribution is 2.21. The zero-order valence-corrected chi connectivity index (χ0v) is 9.92. The number of hydrogen-bond donors (Lipinski definition) is 1. The van der Waals surface area contributed by atoms with Crippen LogP contribution >= 0.6 is 0 Å². The lowest BCUT2D eigenvalue weighted by molar-refractivity contribution is 0.404. The van der Waals surface area contributed by atoms with E-state index in [2.05, 4.69) is 0 Å². The highest BCUT2D eigenvalue weighted by atomic mass is 32.2. The molecule has 3 nitrogen and oxygen atoms in total. The van der Waals surface area contributed by atoms with E-state index in [-0.39, 0.29) is 6.04 Å². The maximum atomic E-state index is 11.9. The van der Waals surface area contributed by atoms with Crippen molar-refractivity contribution in [1.82, 2.24) is 0 Å². The second-order valence-corrected chi connectivity index (χ2v) is 4.80. The molecule has 2 N–H and O–H groups in total. The fraction of sp³-hybridized carbons (Fsp3) is 0.455. The Bertz CT molecular complexity index is 341. The molecule has 0 aromatic heterocycles. The minimum atomic E-state index is -1.07. The van der Waals surface area contributed by atoms with Gasteiger partial charge in [0.05, 0.1) is 22.8 Å². The number of nitrogens with two attached hydrogens (primary N) is 1. The first kappa shape index (κ1) is 12.2. The average molecular weight is 227 g/mol. The molecule has 0 aliphatic heterocycles. The van der Waals surface area contributed by atoms with Gasteiger partial charge in [-0.1, -0.05) is 19.1 Å². The molecule has 0 bridgehead atoms. The summed E-state index contributed by atoms with van der Waals surface area (Å²) in [5.41, 5.74) is 5.77. The number of rotatable bonds is 5. The summed E-state index contributed by atoms with van der Waals surface area (Å²) in [5, 5.41) is 0. The lowest BCUT2D eigenvalue weighted by atomic mass is 10.3. The maximum absolute atomic E-state index is 11.9. The summed E-state index contributed by atoms with van der Waals surface area (Å²) in [6.07, 6.45) is 0.834. The van der Waals surface area contributed by atoms with Crippen molar-refractivity contribution in [3.63, 3.8) is 0 Å². The Morgan fingerprint density at radius 1 is 1.47 bits per heavy atom. The molecule has 0 saturated heterocycles. The molecule has 2 unspecified atom stereocenters. The fourth-order valence-corrected chi connectivity index (χ4v) is 2.62. The molecular formula is C11H17NO2S. The minimum Gasteiger partial charge on any atom is -0.495 e. The molecule has 1 rings (SSSR count). The molecule has 0 aliphatic carbocycles. The third-order valence-corrected chi connectivity index (χ3v) is 3.76. The molecule has 2 atom stereocenters. The summed E-state index contributed by atoms with van der Waals surface area (Å²) in [7, 11) is 0.504. The van der Waals surface area contributed by atoms with E-state index in [9.17, 15) is 4.21 Å². The number of methoxy groups -OCH3 is 1. The van der Waals surface area contributed by atoms with Crippen LogP contribution in [0.1, 0.15) is 13.3 Å². The van der Waals surface area contributed by atoms with Crippen molar-refractivity contribution < 1.29 is 8.95 Å². The molecule has 1 aromatic rings. The Labute approximate surface area is 93.1 Å². The predicted molar refractivity (Wildman–Crippen MR) is 62.5 cm³/mol. The van der Waals surface area contributed by atoms with Crippen LogP contribution in [0.4, 0.5) is 0 Å². The van der Waals surface area contributed by atoms with Gasteiger partial charge in [-0.3, -0.25) is 4.21 Å². The first-order chi connectivity index (χ1) is 7.19. The lowest BCUT2D eigenvalue weighted by Gasteiger charge is -2.10. The van der Waals surface area contributed by atoms with E-state index in [1.807, 2.05) is 31.2 Å². The zero-order valence-electron chi connectivity index (χ0n) is 9.10. The van der Waals surface area contributed by atoms with Crippen LogP contribution in [-0.4, -0.2) is 23.1 Å². The molecule has 0 saturated carbocycles. The topological polar surface area (TPSA) is 52.3 Å². The van der Waals surface area contributed by atoms with Crippen LogP contribution in [0.15, 0.2) is 29.2 Å². The van der Waals surface area contributed by atoms with Gasteiger partial charge < -0.3 is 10.5 Å². The van der Waals surface area contributed by atoms with Crippen LogP contribution in [0.5, 0.6) is 5.75 Å². The van der Waals surface area contributed by atoms with Gasteiger partial charge >= 0.3 is 0 Å². The molecule has 0 heterocycles. The molecule has 0 radical (unpaired) electrons. The van der Waals surface area contributed by atoms with Crippen molar-refractivity contribution in [1.29, 1.82) is 0 Å². The largest absolute Gasteiger partial charge is 0.495 e. The standard InChI is InChI=1S/C11H17NO2S/c1-3-9(12)8-15(13)11-7-5-4-6-10(11)14-2/h4-7,9H,3,8,12H2,1-2H3. The third-order valence-electron chi connectivity index (χ3n) is 2.20. The molecule has 0 aliphatic rings. The quantitative estimate of drug-likeness (QED) is 0.830. The SMILES string of the molecule is CCC(N)CS(=O)c1ccccc1OC. The van der Waals surface area contributed by atoms with Gasteiger partial charge in [0.25, 0.3) is 0 Å². The van der Waals surface area contributed by atoms with E-state index in [1.54, 1.807) is 7.11 Å². The van der Waals surface area contributed by atoms with Gasteiger partial charge in [-0.15, -0.1) is 0 Å². The van der Waals surface area contributed by atoms with Crippen molar-refractivity contribution in [2.24, 2.45) is 5.73 Å². The summed E-state index contributed by atoms with van der Waals surface area (Å²) >= 11 is 0. The van der Waals surface area contributed by atoms with Crippen LogP contribution in [0, 0.1) is 0 Å². The van der Waals surface area contributed by atoms with Gasteiger partial charge in [0.15, 0.2) is 0 Å². The highest BCUT2D eigenvalue weighted by molar-refractivity contribution is 7.85. The molecule has 0 spiro atoms. The summed E-state index contributed by atoms with van der Waals surface area (Å²) in [6, 6.07) is 7.32. The predicted octanol–water partition coefficient (Wildman–Crippen LogP) is 1.54. The van der Waals surface area contributed by atoms with E-state index in [0.717, 1.165) is 11.3 Å². The monoisotopic (exact) mass is 227 g/mol. The van der Waals surface area contributed by atoms with E-state index in [1.165, 1.54) is 0 Å². The summed E-state index contributed by atoms with van der Waals surface area (Å²) in [6.45, 7) is 1.99. The van der Waals surface area contributed by atoms with Crippen LogP contribution < -0.4 is 10.5 Å². The minimum absolute atomic E-state index is 0.0178. The molecule has 0 amide bonds. The van der Waals surface area contributed by atoms with E-state index < -0.39 is 10.8 Å². The third kappa shape index (κ3) is 3.32. The smallest absolute Gasteiger partial charge is 0.134 e. The Morgan fingerprint density at radius 2 is 2.13 bits per heavy atom. The molecule has 84 valence electrons. The van der Waals surface area contributed by atoms with Gasteiger partial charge in [0.2, 0.25) is 0 Å². The van der Waals surface area contributed by atoms with Gasteiger partial charge in [-0.2, -0.15) is 0 Å². The molecule has 15 heavy (non-hydrogen) atoms. The number of para-hydroxylation sites is 1. The van der Waals surface area contributed by atoms with Crippen LogP contribution in [0.2, 0.25) is 0 Å². The first-order valence-corrected chi connectivity index (χ1v) is 6.28. The van der Waals surface area contributed by atoms with Crippen molar-refractivity contribution >= 4 is 10.8 Å².